The van der Waals surface area contributed by atoms with Crippen LogP contribution in [0, 0.1) is 6.92 Å². The molecule has 154 valence electrons. The van der Waals surface area contributed by atoms with Gasteiger partial charge in [-0.2, -0.15) is 0 Å². The first-order valence-electron chi connectivity index (χ1n) is 9.60. The number of rotatable bonds is 5. The van der Waals surface area contributed by atoms with Crippen molar-refractivity contribution in [3.63, 3.8) is 0 Å². The molecule has 6 nitrogen and oxygen atoms in total. The summed E-state index contributed by atoms with van der Waals surface area (Å²) >= 11 is 0. The predicted molar refractivity (Wildman–Crippen MR) is 117 cm³/mol. The highest BCUT2D eigenvalue weighted by Gasteiger charge is 2.36. The third kappa shape index (κ3) is 4.16. The van der Waals surface area contributed by atoms with E-state index < -0.39 is 22.0 Å². The van der Waals surface area contributed by atoms with Crippen LogP contribution in [0.2, 0.25) is 0 Å². The molecule has 0 fully saturated rings. The Morgan fingerprint density at radius 1 is 1.00 bits per heavy atom. The lowest BCUT2D eigenvalue weighted by molar-refractivity contribution is -0.122. The molecule has 1 heterocycles. The monoisotopic (exact) mass is 422 g/mol. The van der Waals surface area contributed by atoms with Crippen molar-refractivity contribution in [2.75, 3.05) is 16.2 Å². The van der Waals surface area contributed by atoms with Gasteiger partial charge >= 0.3 is 0 Å². The van der Waals surface area contributed by atoms with E-state index in [9.17, 15) is 13.2 Å². The van der Waals surface area contributed by atoms with Gasteiger partial charge in [0.25, 0.3) is 5.91 Å². The highest BCUT2D eigenvalue weighted by molar-refractivity contribution is 7.92. The van der Waals surface area contributed by atoms with E-state index in [1.54, 1.807) is 54.6 Å². The number of amides is 1. The van der Waals surface area contributed by atoms with Crippen LogP contribution in [-0.2, 0) is 20.6 Å². The minimum atomic E-state index is -3.72. The Morgan fingerprint density at radius 2 is 1.67 bits per heavy atom. The SMILES string of the molecule is Cc1ccccc1NC(=O)C1CN(S(=O)(=O)Cc2ccccc2)c2ccccc2O1. The largest absolute Gasteiger partial charge is 0.476 e. The molecular weight excluding hydrogens is 400 g/mol. The van der Waals surface area contributed by atoms with E-state index in [1.807, 2.05) is 31.2 Å². The van der Waals surface area contributed by atoms with Crippen LogP contribution in [0.15, 0.2) is 78.9 Å². The standard InChI is InChI=1S/C23H22N2O4S/c1-17-9-5-6-12-19(17)24-23(26)22-15-25(20-13-7-8-14-21(20)29-22)30(27,28)16-18-10-3-2-4-11-18/h2-14,22H,15-16H2,1H3,(H,24,26). The van der Waals surface area contributed by atoms with E-state index in [0.29, 0.717) is 22.7 Å². The van der Waals surface area contributed by atoms with Crippen molar-refractivity contribution in [3.05, 3.63) is 90.0 Å². The van der Waals surface area contributed by atoms with Crippen LogP contribution >= 0.6 is 0 Å². The molecule has 0 saturated heterocycles. The van der Waals surface area contributed by atoms with Gasteiger partial charge in [0, 0.05) is 5.69 Å². The van der Waals surface area contributed by atoms with Crippen molar-refractivity contribution in [1.82, 2.24) is 0 Å². The van der Waals surface area contributed by atoms with Crippen LogP contribution in [0.3, 0.4) is 0 Å². The third-order valence-electron chi connectivity index (χ3n) is 4.96. The van der Waals surface area contributed by atoms with Gasteiger partial charge in [-0.1, -0.05) is 60.7 Å². The zero-order chi connectivity index (χ0) is 21.1. The van der Waals surface area contributed by atoms with E-state index in [4.69, 9.17) is 4.74 Å². The summed E-state index contributed by atoms with van der Waals surface area (Å²) in [5.74, 6) is -0.182. The molecule has 3 aromatic carbocycles. The minimum Gasteiger partial charge on any atom is -0.476 e. The summed E-state index contributed by atoms with van der Waals surface area (Å²) in [6, 6.07) is 23.3. The van der Waals surface area contributed by atoms with Gasteiger partial charge < -0.3 is 10.1 Å². The Bertz CT molecular complexity index is 1160. The number of nitrogens with zero attached hydrogens (tertiary/aromatic N) is 1. The fourth-order valence-electron chi connectivity index (χ4n) is 3.39. The molecule has 30 heavy (non-hydrogen) atoms. The number of carbonyl (C=O) groups excluding carboxylic acids is 1. The molecule has 1 atom stereocenters. The maximum atomic E-state index is 13.2. The quantitative estimate of drug-likeness (QED) is 0.680. The second kappa shape index (κ2) is 8.20. The van der Waals surface area contributed by atoms with Gasteiger partial charge in [0.15, 0.2) is 6.10 Å². The molecule has 1 aliphatic rings. The van der Waals surface area contributed by atoms with E-state index in [0.717, 1.165) is 5.56 Å². The van der Waals surface area contributed by atoms with Gasteiger partial charge in [0.1, 0.15) is 5.75 Å². The van der Waals surface area contributed by atoms with Crippen LogP contribution in [0.4, 0.5) is 11.4 Å². The van der Waals surface area contributed by atoms with Crippen LogP contribution in [0.5, 0.6) is 5.75 Å². The number of aryl methyl sites for hydroxylation is 1. The van der Waals surface area contributed by atoms with Gasteiger partial charge in [-0.25, -0.2) is 8.42 Å². The minimum absolute atomic E-state index is 0.0934. The number of carbonyl (C=O) groups is 1. The molecule has 4 rings (SSSR count). The average Bonchev–Trinajstić information content (AvgIpc) is 2.75. The molecule has 0 bridgehead atoms. The zero-order valence-electron chi connectivity index (χ0n) is 16.5. The highest BCUT2D eigenvalue weighted by Crippen LogP contribution is 2.36. The number of hydrogen-bond acceptors (Lipinski definition) is 4. The molecule has 1 aliphatic heterocycles. The first-order chi connectivity index (χ1) is 14.4. The van der Waals surface area contributed by atoms with Crippen molar-refractivity contribution in [2.24, 2.45) is 0 Å². The predicted octanol–water partition coefficient (Wildman–Crippen LogP) is 3.73. The molecule has 0 radical (unpaired) electrons. The lowest BCUT2D eigenvalue weighted by Gasteiger charge is -2.34. The molecule has 3 aromatic rings. The summed E-state index contributed by atoms with van der Waals surface area (Å²) < 4.78 is 33.6. The van der Waals surface area contributed by atoms with E-state index >= 15 is 0 Å². The molecule has 1 N–H and O–H groups in total. The normalized spacial score (nSPS) is 15.8. The fraction of sp³-hybridized carbons (Fsp3) is 0.174. The molecule has 1 amide bonds. The van der Waals surface area contributed by atoms with Crippen LogP contribution in [-0.4, -0.2) is 27.0 Å². The second-order valence-corrected chi connectivity index (χ2v) is 9.04. The zero-order valence-corrected chi connectivity index (χ0v) is 17.3. The molecule has 0 aromatic heterocycles. The summed E-state index contributed by atoms with van der Waals surface area (Å²) in [6.45, 7) is 1.80. The number of hydrogen-bond donors (Lipinski definition) is 1. The summed E-state index contributed by atoms with van der Waals surface area (Å²) in [6.07, 6.45) is -0.968. The summed E-state index contributed by atoms with van der Waals surface area (Å²) in [4.78, 5) is 12.9. The molecule has 0 spiro atoms. The van der Waals surface area contributed by atoms with Crippen molar-refractivity contribution >= 4 is 27.3 Å². The van der Waals surface area contributed by atoms with Gasteiger partial charge in [0.05, 0.1) is 18.0 Å². The summed E-state index contributed by atoms with van der Waals surface area (Å²) in [5, 5.41) is 2.85. The second-order valence-electron chi connectivity index (χ2n) is 7.15. The maximum Gasteiger partial charge on any atom is 0.267 e. The van der Waals surface area contributed by atoms with E-state index in [-0.39, 0.29) is 12.3 Å². The number of anilines is 2. The molecule has 7 heteroatoms. The van der Waals surface area contributed by atoms with Gasteiger partial charge in [0.2, 0.25) is 10.0 Å². The van der Waals surface area contributed by atoms with Crippen molar-refractivity contribution in [3.8, 4) is 5.75 Å². The number of nitrogens with one attached hydrogen (secondary N) is 1. The Kier molecular flexibility index (Phi) is 5.46. The van der Waals surface area contributed by atoms with Crippen molar-refractivity contribution in [1.29, 1.82) is 0 Å². The third-order valence-corrected chi connectivity index (χ3v) is 6.67. The molecule has 0 saturated carbocycles. The van der Waals surface area contributed by atoms with Crippen LogP contribution in [0.25, 0.3) is 0 Å². The highest BCUT2D eigenvalue weighted by atomic mass is 32.2. The number of benzene rings is 3. The van der Waals surface area contributed by atoms with Gasteiger partial charge in [-0.05, 0) is 36.2 Å². The van der Waals surface area contributed by atoms with Crippen molar-refractivity contribution < 1.29 is 17.9 Å². The first-order valence-corrected chi connectivity index (χ1v) is 11.2. The number of para-hydroxylation sites is 3. The average molecular weight is 423 g/mol. The topological polar surface area (TPSA) is 75.7 Å². The Labute approximate surface area is 176 Å². The van der Waals surface area contributed by atoms with Gasteiger partial charge in [-0.3, -0.25) is 9.10 Å². The van der Waals surface area contributed by atoms with Crippen LogP contribution < -0.4 is 14.4 Å². The molecule has 0 aliphatic carbocycles. The Hall–Kier alpha value is -3.32. The van der Waals surface area contributed by atoms with E-state index in [2.05, 4.69) is 5.32 Å². The lowest BCUT2D eigenvalue weighted by Crippen LogP contribution is -2.49. The summed E-state index contributed by atoms with van der Waals surface area (Å²) in [7, 11) is -3.72. The van der Waals surface area contributed by atoms with Crippen LogP contribution in [0.1, 0.15) is 11.1 Å². The van der Waals surface area contributed by atoms with Gasteiger partial charge in [-0.15, -0.1) is 0 Å². The maximum absolute atomic E-state index is 13.2. The first kappa shape index (κ1) is 20.0. The number of fused-ring (bicyclic) bond motifs is 1. The summed E-state index contributed by atoms with van der Waals surface area (Å²) in [5.41, 5.74) is 2.70. The Morgan fingerprint density at radius 3 is 2.43 bits per heavy atom. The molecule has 1 unspecified atom stereocenters. The Balaban J connectivity index is 1.62. The van der Waals surface area contributed by atoms with Crippen molar-refractivity contribution in [2.45, 2.75) is 18.8 Å². The number of sulfonamides is 1. The fourth-order valence-corrected chi connectivity index (χ4v) is 4.97. The smallest absolute Gasteiger partial charge is 0.267 e. The van der Waals surface area contributed by atoms with E-state index in [1.165, 1.54) is 4.31 Å². The lowest BCUT2D eigenvalue weighted by atomic mass is 10.2. The number of ether oxygens (including phenoxy) is 1. The molecular formula is C23H22N2O4S.